The van der Waals surface area contributed by atoms with Crippen molar-refractivity contribution < 1.29 is 44.1 Å². The Morgan fingerprint density at radius 1 is 0.917 bits per heavy atom. The summed E-state index contributed by atoms with van der Waals surface area (Å²) in [6.07, 6.45) is 1.17. The molecule has 0 fully saturated rings. The van der Waals surface area contributed by atoms with E-state index in [2.05, 4.69) is 25.9 Å². The summed E-state index contributed by atoms with van der Waals surface area (Å²) in [7, 11) is 0. The van der Waals surface area contributed by atoms with E-state index in [9.17, 15) is 33.9 Å². The fourth-order valence-corrected chi connectivity index (χ4v) is 3.16. The van der Waals surface area contributed by atoms with Crippen molar-refractivity contribution in [3.05, 3.63) is 18.2 Å². The Morgan fingerprint density at radius 2 is 1.50 bits per heavy atom. The summed E-state index contributed by atoms with van der Waals surface area (Å²) < 4.78 is 0. The van der Waals surface area contributed by atoms with Gasteiger partial charge in [0.25, 0.3) is 0 Å². The van der Waals surface area contributed by atoms with Gasteiger partial charge in [0, 0.05) is 24.7 Å². The van der Waals surface area contributed by atoms with Gasteiger partial charge < -0.3 is 42.0 Å². The van der Waals surface area contributed by atoms with E-state index >= 15 is 0 Å². The van der Waals surface area contributed by atoms with Crippen molar-refractivity contribution in [3.63, 3.8) is 0 Å². The molecule has 0 radical (unpaired) electrons. The van der Waals surface area contributed by atoms with Crippen LogP contribution in [0.5, 0.6) is 0 Å². The molecule has 0 bridgehead atoms. The highest BCUT2D eigenvalue weighted by atomic mass is 16.4. The summed E-state index contributed by atoms with van der Waals surface area (Å²) in [6.45, 7) is 3.53. The molecular formula is C21H32N6O9. The lowest BCUT2D eigenvalue weighted by Gasteiger charge is -2.25. The van der Waals surface area contributed by atoms with Crippen LogP contribution in [0, 0.1) is 5.92 Å². The van der Waals surface area contributed by atoms with Crippen LogP contribution >= 0.6 is 0 Å². The number of nitrogens with one attached hydrogen (secondary N) is 4. The summed E-state index contributed by atoms with van der Waals surface area (Å²) in [5.74, 6) is -6.72. The summed E-state index contributed by atoms with van der Waals surface area (Å²) >= 11 is 0. The van der Waals surface area contributed by atoms with Gasteiger partial charge in [-0.25, -0.2) is 9.78 Å². The van der Waals surface area contributed by atoms with Crippen molar-refractivity contribution in [2.45, 2.75) is 70.1 Å². The van der Waals surface area contributed by atoms with Crippen LogP contribution in [-0.4, -0.2) is 85.1 Å². The van der Waals surface area contributed by atoms with E-state index in [1.807, 2.05) is 0 Å². The third kappa shape index (κ3) is 10.9. The highest BCUT2D eigenvalue weighted by Crippen LogP contribution is 2.09. The maximum atomic E-state index is 12.9. The molecule has 9 N–H and O–H groups in total. The first-order valence-corrected chi connectivity index (χ1v) is 11.1. The Balaban J connectivity index is 3.01. The van der Waals surface area contributed by atoms with Gasteiger partial charge in [-0.15, -0.1) is 0 Å². The number of amides is 3. The number of carbonyl (C=O) groups is 6. The number of aliphatic carboxylic acids is 3. The van der Waals surface area contributed by atoms with Crippen LogP contribution in [0.3, 0.4) is 0 Å². The molecule has 0 saturated heterocycles. The van der Waals surface area contributed by atoms with E-state index in [1.54, 1.807) is 13.8 Å². The molecule has 0 aliphatic heterocycles. The number of nitrogens with two attached hydrogens (primary N) is 1. The first-order valence-electron chi connectivity index (χ1n) is 11.1. The number of hydrogen-bond donors (Lipinski definition) is 8. The minimum atomic E-state index is -1.49. The highest BCUT2D eigenvalue weighted by Gasteiger charge is 2.31. The third-order valence-electron chi connectivity index (χ3n) is 4.94. The predicted molar refractivity (Wildman–Crippen MR) is 122 cm³/mol. The lowest BCUT2D eigenvalue weighted by Crippen LogP contribution is -2.57. The number of nitrogens with zero attached hydrogens (tertiary/aromatic N) is 1. The number of H-pyrrole nitrogens is 1. The van der Waals surface area contributed by atoms with E-state index in [1.165, 1.54) is 12.5 Å². The molecule has 0 aliphatic rings. The van der Waals surface area contributed by atoms with Crippen LogP contribution in [0.2, 0.25) is 0 Å². The monoisotopic (exact) mass is 512 g/mol. The number of rotatable bonds is 16. The minimum absolute atomic E-state index is 0.0951. The van der Waals surface area contributed by atoms with Crippen molar-refractivity contribution in [3.8, 4) is 0 Å². The van der Waals surface area contributed by atoms with Crippen LogP contribution in [0.15, 0.2) is 12.5 Å². The number of carboxylic acid groups (broad SMARTS) is 3. The molecule has 36 heavy (non-hydrogen) atoms. The largest absolute Gasteiger partial charge is 0.481 e. The molecule has 0 spiro atoms. The second-order valence-corrected chi connectivity index (χ2v) is 8.57. The van der Waals surface area contributed by atoms with E-state index in [-0.39, 0.29) is 25.2 Å². The number of hydrogen-bond acceptors (Lipinski definition) is 8. The maximum absolute atomic E-state index is 12.9. The Morgan fingerprint density at radius 3 is 2.00 bits per heavy atom. The van der Waals surface area contributed by atoms with Gasteiger partial charge in [0.05, 0.1) is 18.8 Å². The smallest absolute Gasteiger partial charge is 0.326 e. The van der Waals surface area contributed by atoms with E-state index in [4.69, 9.17) is 15.9 Å². The molecule has 1 rings (SSSR count). The van der Waals surface area contributed by atoms with Gasteiger partial charge in [-0.3, -0.25) is 24.0 Å². The maximum Gasteiger partial charge on any atom is 0.326 e. The molecule has 0 aromatic carbocycles. The van der Waals surface area contributed by atoms with Gasteiger partial charge in [-0.2, -0.15) is 0 Å². The van der Waals surface area contributed by atoms with Crippen LogP contribution in [-0.2, 0) is 35.2 Å². The number of aromatic nitrogens is 2. The second-order valence-electron chi connectivity index (χ2n) is 8.57. The number of imidazole rings is 1. The van der Waals surface area contributed by atoms with Crippen molar-refractivity contribution in [2.75, 3.05) is 0 Å². The summed E-state index contributed by atoms with van der Waals surface area (Å²) in [4.78, 5) is 78.1. The number of carbonyl (C=O) groups excluding carboxylic acids is 3. The van der Waals surface area contributed by atoms with Crippen LogP contribution in [0.1, 0.15) is 45.2 Å². The molecule has 1 aromatic rings. The lowest BCUT2D eigenvalue weighted by atomic mass is 10.0. The average molecular weight is 513 g/mol. The second kappa shape index (κ2) is 14.4. The molecule has 4 atom stereocenters. The zero-order chi connectivity index (χ0) is 27.4. The molecule has 0 saturated carbocycles. The van der Waals surface area contributed by atoms with Gasteiger partial charge in [0.1, 0.15) is 18.1 Å². The first-order chi connectivity index (χ1) is 16.8. The Labute approximate surface area is 206 Å². The van der Waals surface area contributed by atoms with Gasteiger partial charge in [0.2, 0.25) is 17.7 Å². The number of aromatic amines is 1. The van der Waals surface area contributed by atoms with Gasteiger partial charge in [-0.1, -0.05) is 13.8 Å². The first kappa shape index (κ1) is 30.0. The lowest BCUT2D eigenvalue weighted by molar-refractivity contribution is -0.142. The van der Waals surface area contributed by atoms with E-state index in [0.29, 0.717) is 5.69 Å². The molecule has 15 heteroatoms. The Bertz CT molecular complexity index is 934. The third-order valence-corrected chi connectivity index (χ3v) is 4.94. The normalized spacial score (nSPS) is 14.2. The molecule has 0 aliphatic carbocycles. The molecule has 1 aromatic heterocycles. The summed E-state index contributed by atoms with van der Waals surface area (Å²) in [5, 5.41) is 34.3. The minimum Gasteiger partial charge on any atom is -0.481 e. The summed E-state index contributed by atoms with van der Waals surface area (Å²) in [6, 6.07) is -5.47. The summed E-state index contributed by atoms with van der Waals surface area (Å²) in [5.41, 5.74) is 5.97. The standard InChI is InChI=1S/C21H32N6O9/c1-10(2)5-14(20(34)27-15(21(35)36)6-11-8-23-9-24-11)26-19(33)13(3-4-16(28)29)25-18(32)12(22)7-17(30)31/h8-10,12-15H,3-7,22H2,1-2H3,(H,23,24)(H,25,32)(H,26,33)(H,27,34)(H,28,29)(H,30,31)(H,35,36). The topological polar surface area (TPSA) is 254 Å². The Hall–Kier alpha value is -4.01. The Kier molecular flexibility index (Phi) is 12.0. The molecule has 1 heterocycles. The van der Waals surface area contributed by atoms with Crippen molar-refractivity contribution >= 4 is 35.6 Å². The van der Waals surface area contributed by atoms with Crippen molar-refractivity contribution in [2.24, 2.45) is 11.7 Å². The van der Waals surface area contributed by atoms with Gasteiger partial charge >= 0.3 is 17.9 Å². The molecule has 15 nitrogen and oxygen atoms in total. The SMILES string of the molecule is CC(C)CC(NC(=O)C(CCC(=O)O)NC(=O)C(N)CC(=O)O)C(=O)NC(Cc1cnc[nH]1)C(=O)O. The van der Waals surface area contributed by atoms with E-state index < -0.39 is 72.6 Å². The van der Waals surface area contributed by atoms with Gasteiger partial charge in [-0.05, 0) is 18.8 Å². The van der Waals surface area contributed by atoms with Gasteiger partial charge in [0.15, 0.2) is 0 Å². The fourth-order valence-electron chi connectivity index (χ4n) is 3.16. The molecule has 200 valence electrons. The van der Waals surface area contributed by atoms with Crippen LogP contribution in [0.4, 0.5) is 0 Å². The van der Waals surface area contributed by atoms with Crippen LogP contribution in [0.25, 0.3) is 0 Å². The zero-order valence-corrected chi connectivity index (χ0v) is 19.9. The zero-order valence-electron chi connectivity index (χ0n) is 19.9. The van der Waals surface area contributed by atoms with Crippen LogP contribution < -0.4 is 21.7 Å². The average Bonchev–Trinajstić information content (AvgIpc) is 3.27. The van der Waals surface area contributed by atoms with E-state index in [0.717, 1.165) is 0 Å². The van der Waals surface area contributed by atoms with Crippen molar-refractivity contribution in [1.82, 2.24) is 25.9 Å². The highest BCUT2D eigenvalue weighted by molar-refractivity contribution is 5.95. The molecule has 4 unspecified atom stereocenters. The molecular weight excluding hydrogens is 480 g/mol. The number of carboxylic acids is 3. The van der Waals surface area contributed by atoms with Crippen molar-refractivity contribution in [1.29, 1.82) is 0 Å². The molecule has 3 amide bonds. The quantitative estimate of drug-likeness (QED) is 0.123. The fraction of sp³-hybridized carbons (Fsp3) is 0.571. The predicted octanol–water partition coefficient (Wildman–Crippen LogP) is -1.80.